The molecule has 0 aromatic heterocycles. The van der Waals surface area contributed by atoms with Crippen molar-refractivity contribution in [2.45, 2.75) is 6.54 Å². The van der Waals surface area contributed by atoms with Gasteiger partial charge in [0.25, 0.3) is 0 Å². The van der Waals surface area contributed by atoms with Gasteiger partial charge in [0, 0.05) is 25.7 Å². The van der Waals surface area contributed by atoms with Crippen LogP contribution in [0.15, 0.2) is 35.9 Å². The maximum atomic E-state index is 5.43. The standard InChI is InChI=1S/C13H18ClNO2/c1-16-10-8-15-11-12-3-5-13(6-4-12)17-9-2-7-14/h2-7,15H,8-11H2,1H3/b7-2+. The molecule has 94 valence electrons. The van der Waals surface area contributed by atoms with Gasteiger partial charge in [-0.25, -0.2) is 0 Å². The molecule has 0 aliphatic heterocycles. The van der Waals surface area contributed by atoms with Crippen LogP contribution in [0.3, 0.4) is 0 Å². The first kappa shape index (κ1) is 14.0. The van der Waals surface area contributed by atoms with Crippen LogP contribution < -0.4 is 10.1 Å². The highest BCUT2D eigenvalue weighted by atomic mass is 35.5. The SMILES string of the molecule is COCCNCc1ccc(OC/C=C/Cl)cc1. The number of methoxy groups -OCH3 is 1. The van der Waals surface area contributed by atoms with Crippen LogP contribution in [-0.2, 0) is 11.3 Å². The minimum absolute atomic E-state index is 0.495. The van der Waals surface area contributed by atoms with Crippen LogP contribution >= 0.6 is 11.6 Å². The summed E-state index contributed by atoms with van der Waals surface area (Å²) in [6.45, 7) is 2.92. The number of nitrogens with one attached hydrogen (secondary N) is 1. The Morgan fingerprint density at radius 1 is 1.29 bits per heavy atom. The zero-order valence-electron chi connectivity index (χ0n) is 9.99. The van der Waals surface area contributed by atoms with E-state index in [2.05, 4.69) is 5.32 Å². The monoisotopic (exact) mass is 255 g/mol. The Morgan fingerprint density at radius 2 is 2.06 bits per heavy atom. The normalized spacial score (nSPS) is 10.9. The molecule has 17 heavy (non-hydrogen) atoms. The van der Waals surface area contributed by atoms with Gasteiger partial charge >= 0.3 is 0 Å². The molecule has 0 saturated heterocycles. The highest BCUT2D eigenvalue weighted by molar-refractivity contribution is 6.25. The van der Waals surface area contributed by atoms with Crippen molar-refractivity contribution in [2.75, 3.05) is 26.9 Å². The van der Waals surface area contributed by atoms with E-state index in [-0.39, 0.29) is 0 Å². The molecule has 0 heterocycles. The fraction of sp³-hybridized carbons (Fsp3) is 0.385. The van der Waals surface area contributed by atoms with E-state index in [1.807, 2.05) is 24.3 Å². The molecule has 0 aliphatic rings. The molecule has 0 spiro atoms. The molecule has 0 bridgehead atoms. The summed E-state index contributed by atoms with van der Waals surface area (Å²) in [5, 5.41) is 3.28. The highest BCUT2D eigenvalue weighted by Gasteiger charge is 1.94. The lowest BCUT2D eigenvalue weighted by molar-refractivity contribution is 0.199. The average Bonchev–Trinajstić information content (AvgIpc) is 2.37. The van der Waals surface area contributed by atoms with Crippen molar-refractivity contribution in [3.8, 4) is 5.75 Å². The molecule has 0 aliphatic carbocycles. The van der Waals surface area contributed by atoms with Crippen LogP contribution in [0.25, 0.3) is 0 Å². The second kappa shape index (κ2) is 9.05. The lowest BCUT2D eigenvalue weighted by Crippen LogP contribution is -2.18. The molecule has 0 amide bonds. The van der Waals surface area contributed by atoms with Crippen LogP contribution in [0.1, 0.15) is 5.56 Å². The van der Waals surface area contributed by atoms with Gasteiger partial charge in [-0.2, -0.15) is 0 Å². The van der Waals surface area contributed by atoms with Gasteiger partial charge in [0.2, 0.25) is 0 Å². The molecule has 1 aromatic carbocycles. The minimum atomic E-state index is 0.495. The van der Waals surface area contributed by atoms with Crippen molar-refractivity contribution in [1.82, 2.24) is 5.32 Å². The number of hydrogen-bond donors (Lipinski definition) is 1. The summed E-state index contributed by atoms with van der Waals surface area (Å²) in [7, 11) is 1.70. The molecule has 0 atom stereocenters. The predicted molar refractivity (Wildman–Crippen MR) is 70.5 cm³/mol. The van der Waals surface area contributed by atoms with E-state index in [1.165, 1.54) is 11.1 Å². The zero-order chi connectivity index (χ0) is 12.3. The Kier molecular flexibility index (Phi) is 7.47. The Bertz CT molecular complexity index is 325. The number of halogens is 1. The molecule has 0 radical (unpaired) electrons. The first-order valence-corrected chi connectivity index (χ1v) is 5.97. The van der Waals surface area contributed by atoms with Gasteiger partial charge in [-0.05, 0) is 23.8 Å². The Labute approximate surface area is 107 Å². The predicted octanol–water partition coefficient (Wildman–Crippen LogP) is 2.55. The Morgan fingerprint density at radius 3 is 2.71 bits per heavy atom. The van der Waals surface area contributed by atoms with Crippen molar-refractivity contribution >= 4 is 11.6 Å². The molecule has 0 unspecified atom stereocenters. The topological polar surface area (TPSA) is 30.5 Å². The molecule has 3 nitrogen and oxygen atoms in total. The summed E-state index contributed by atoms with van der Waals surface area (Å²) in [6.07, 6.45) is 1.75. The van der Waals surface area contributed by atoms with Gasteiger partial charge in [-0.3, -0.25) is 0 Å². The summed E-state index contributed by atoms with van der Waals surface area (Å²) in [5.74, 6) is 0.848. The first-order valence-electron chi connectivity index (χ1n) is 5.53. The number of rotatable bonds is 8. The van der Waals surface area contributed by atoms with Crippen molar-refractivity contribution < 1.29 is 9.47 Å². The van der Waals surface area contributed by atoms with E-state index in [0.29, 0.717) is 6.61 Å². The van der Waals surface area contributed by atoms with Gasteiger partial charge < -0.3 is 14.8 Å². The summed E-state index contributed by atoms with van der Waals surface area (Å²) < 4.78 is 10.4. The quantitative estimate of drug-likeness (QED) is 0.725. The molecular weight excluding hydrogens is 238 g/mol. The van der Waals surface area contributed by atoms with Gasteiger partial charge in [0.15, 0.2) is 0 Å². The van der Waals surface area contributed by atoms with E-state index < -0.39 is 0 Å². The van der Waals surface area contributed by atoms with Gasteiger partial charge in [0.05, 0.1) is 6.61 Å². The highest BCUT2D eigenvalue weighted by Crippen LogP contribution is 2.12. The summed E-state index contributed by atoms with van der Waals surface area (Å²) in [4.78, 5) is 0. The van der Waals surface area contributed by atoms with E-state index in [4.69, 9.17) is 21.1 Å². The molecule has 0 fully saturated rings. The fourth-order valence-electron chi connectivity index (χ4n) is 1.29. The lowest BCUT2D eigenvalue weighted by Gasteiger charge is -2.06. The molecule has 4 heteroatoms. The van der Waals surface area contributed by atoms with Gasteiger partial charge in [0.1, 0.15) is 12.4 Å². The molecule has 1 rings (SSSR count). The largest absolute Gasteiger partial charge is 0.490 e. The molecule has 0 saturated carbocycles. The second-order valence-electron chi connectivity index (χ2n) is 3.49. The van der Waals surface area contributed by atoms with E-state index >= 15 is 0 Å². The van der Waals surface area contributed by atoms with Crippen molar-refractivity contribution in [3.63, 3.8) is 0 Å². The van der Waals surface area contributed by atoms with Crippen LogP contribution in [-0.4, -0.2) is 26.9 Å². The van der Waals surface area contributed by atoms with Crippen LogP contribution in [0.2, 0.25) is 0 Å². The average molecular weight is 256 g/mol. The first-order chi connectivity index (χ1) is 8.36. The Balaban J connectivity index is 2.29. The number of ether oxygens (including phenoxy) is 2. The Hall–Kier alpha value is -1.03. The van der Waals surface area contributed by atoms with Crippen LogP contribution in [0.5, 0.6) is 5.75 Å². The van der Waals surface area contributed by atoms with Gasteiger partial charge in [-0.1, -0.05) is 23.7 Å². The summed E-state index contributed by atoms with van der Waals surface area (Å²) in [5.41, 5.74) is 2.68. The van der Waals surface area contributed by atoms with E-state index in [0.717, 1.165) is 25.4 Å². The summed E-state index contributed by atoms with van der Waals surface area (Å²) in [6, 6.07) is 7.99. The number of benzene rings is 1. The maximum Gasteiger partial charge on any atom is 0.119 e. The summed E-state index contributed by atoms with van der Waals surface area (Å²) >= 11 is 5.40. The van der Waals surface area contributed by atoms with Gasteiger partial charge in [-0.15, -0.1) is 0 Å². The molecule has 1 N–H and O–H groups in total. The number of hydrogen-bond acceptors (Lipinski definition) is 3. The smallest absolute Gasteiger partial charge is 0.119 e. The lowest BCUT2D eigenvalue weighted by atomic mass is 10.2. The minimum Gasteiger partial charge on any atom is -0.490 e. The van der Waals surface area contributed by atoms with Crippen molar-refractivity contribution in [3.05, 3.63) is 41.4 Å². The van der Waals surface area contributed by atoms with E-state index in [9.17, 15) is 0 Å². The third-order valence-electron chi connectivity index (χ3n) is 2.17. The third kappa shape index (κ3) is 6.31. The molecule has 1 aromatic rings. The van der Waals surface area contributed by atoms with E-state index in [1.54, 1.807) is 13.2 Å². The third-order valence-corrected chi connectivity index (χ3v) is 2.35. The maximum absolute atomic E-state index is 5.43. The second-order valence-corrected chi connectivity index (χ2v) is 3.74. The fourth-order valence-corrected chi connectivity index (χ4v) is 1.36. The molecular formula is C13H18ClNO2. The van der Waals surface area contributed by atoms with Crippen molar-refractivity contribution in [1.29, 1.82) is 0 Å². The van der Waals surface area contributed by atoms with Crippen molar-refractivity contribution in [2.24, 2.45) is 0 Å². The zero-order valence-corrected chi connectivity index (χ0v) is 10.7. The van der Waals surface area contributed by atoms with Crippen LogP contribution in [0, 0.1) is 0 Å². The van der Waals surface area contributed by atoms with Crippen LogP contribution in [0.4, 0.5) is 0 Å².